The predicted molar refractivity (Wildman–Crippen MR) is 35.5 cm³/mol. The highest BCUT2D eigenvalue weighted by Gasteiger charge is 2.30. The van der Waals surface area contributed by atoms with Gasteiger partial charge in [-0.2, -0.15) is 13.2 Å². The Morgan fingerprint density at radius 3 is 2.50 bits per heavy atom. The molecule has 0 fully saturated rings. The van der Waals surface area contributed by atoms with Gasteiger partial charge in [-0.3, -0.25) is 4.98 Å². The van der Waals surface area contributed by atoms with E-state index in [0.29, 0.717) is 6.20 Å². The summed E-state index contributed by atoms with van der Waals surface area (Å²) in [5.74, 6) is 0. The van der Waals surface area contributed by atoms with E-state index in [9.17, 15) is 13.2 Å². The Hall–Kier alpha value is -1.57. The summed E-state index contributed by atoms with van der Waals surface area (Å²) < 4.78 is 35.9. The summed E-state index contributed by atoms with van der Waals surface area (Å²) in [5.41, 5.74) is -0.999. The van der Waals surface area contributed by atoms with Crippen molar-refractivity contribution >= 4 is 5.69 Å². The number of alkyl halides is 3. The molecule has 0 aliphatic carbocycles. The fourth-order valence-corrected chi connectivity index (χ4v) is 0.644. The molecule has 1 heterocycles. The molecule has 0 aliphatic heterocycles. The van der Waals surface area contributed by atoms with Crippen molar-refractivity contribution in [2.24, 2.45) is 0 Å². The lowest BCUT2D eigenvalue weighted by Gasteiger charge is -2.04. The quantitative estimate of drug-likeness (QED) is 0.550. The minimum Gasteiger partial charge on any atom is -0.276 e. The fourth-order valence-electron chi connectivity index (χ4n) is 0.644. The van der Waals surface area contributed by atoms with Gasteiger partial charge in [0.05, 0.1) is 12.1 Å². The van der Waals surface area contributed by atoms with Gasteiger partial charge < -0.3 is 0 Å². The van der Waals surface area contributed by atoms with Crippen LogP contribution in [0.2, 0.25) is 0 Å². The molecule has 0 amide bonds. The Bertz CT molecular complexity index is 324. The van der Waals surface area contributed by atoms with Gasteiger partial charge in [-0.1, -0.05) is 0 Å². The highest BCUT2D eigenvalue weighted by atomic mass is 19.4. The molecular weight excluding hydrogens is 169 g/mol. The normalized spacial score (nSPS) is 10.8. The van der Waals surface area contributed by atoms with Crippen LogP contribution in [0, 0.1) is 6.57 Å². The van der Waals surface area contributed by atoms with Gasteiger partial charge in [0.2, 0.25) is 5.69 Å². The fraction of sp³-hybridized carbons (Fsp3) is 0.143. The zero-order chi connectivity index (χ0) is 9.19. The van der Waals surface area contributed by atoms with Crippen molar-refractivity contribution in [2.45, 2.75) is 6.18 Å². The van der Waals surface area contributed by atoms with E-state index in [4.69, 9.17) is 6.57 Å². The molecule has 0 saturated carbocycles. The second-order valence-corrected chi connectivity index (χ2v) is 2.04. The number of nitrogens with zero attached hydrogens (tertiary/aromatic N) is 2. The first-order valence-electron chi connectivity index (χ1n) is 2.94. The number of hydrogen-bond acceptors (Lipinski definition) is 1. The monoisotopic (exact) mass is 172 g/mol. The summed E-state index contributed by atoms with van der Waals surface area (Å²) in [4.78, 5) is 6.12. The minimum atomic E-state index is -4.42. The maximum atomic E-state index is 12.0. The molecule has 0 bridgehead atoms. The van der Waals surface area contributed by atoms with Crippen LogP contribution in [0.25, 0.3) is 4.85 Å². The average Bonchev–Trinajstić information content (AvgIpc) is 2.03. The first kappa shape index (κ1) is 8.53. The van der Waals surface area contributed by atoms with Crippen molar-refractivity contribution in [1.29, 1.82) is 0 Å². The molecule has 1 aromatic rings. The molecule has 2 nitrogen and oxygen atoms in total. The van der Waals surface area contributed by atoms with E-state index in [1.54, 1.807) is 0 Å². The standard InChI is InChI=1S/C7H3F3N2/c1-11-6-2-5(3-12-4-6)7(8,9)10/h2-4H. The molecular formula is C7H3F3N2. The number of halogens is 3. The average molecular weight is 172 g/mol. The Balaban J connectivity index is 3.13. The molecule has 0 unspecified atom stereocenters. The smallest absolute Gasteiger partial charge is 0.276 e. The van der Waals surface area contributed by atoms with Crippen LogP contribution in [0.4, 0.5) is 18.9 Å². The van der Waals surface area contributed by atoms with E-state index < -0.39 is 11.7 Å². The van der Waals surface area contributed by atoms with E-state index in [-0.39, 0.29) is 5.69 Å². The SMILES string of the molecule is [C-]#[N+]c1cncc(C(F)(F)F)c1. The minimum absolute atomic E-state index is 0.107. The van der Waals surface area contributed by atoms with E-state index in [0.717, 1.165) is 12.3 Å². The van der Waals surface area contributed by atoms with Gasteiger partial charge >= 0.3 is 6.18 Å². The van der Waals surface area contributed by atoms with Crippen LogP contribution < -0.4 is 0 Å². The summed E-state index contributed by atoms with van der Waals surface area (Å²) in [6, 6.07) is 0.764. The zero-order valence-corrected chi connectivity index (χ0v) is 5.76. The van der Waals surface area contributed by atoms with Crippen LogP contribution >= 0.6 is 0 Å². The van der Waals surface area contributed by atoms with Gasteiger partial charge in [0, 0.05) is 12.4 Å². The van der Waals surface area contributed by atoms with Crippen LogP contribution in [-0.2, 0) is 6.18 Å². The van der Waals surface area contributed by atoms with Crippen LogP contribution in [-0.4, -0.2) is 4.98 Å². The van der Waals surface area contributed by atoms with Crippen molar-refractivity contribution in [1.82, 2.24) is 4.98 Å². The Morgan fingerprint density at radius 2 is 2.00 bits per heavy atom. The van der Waals surface area contributed by atoms with Gasteiger partial charge in [0.15, 0.2) is 0 Å². The van der Waals surface area contributed by atoms with Crippen molar-refractivity contribution in [2.75, 3.05) is 0 Å². The van der Waals surface area contributed by atoms with E-state index in [2.05, 4.69) is 9.83 Å². The van der Waals surface area contributed by atoms with E-state index in [1.807, 2.05) is 0 Å². The molecule has 0 aromatic carbocycles. The third-order valence-electron chi connectivity index (χ3n) is 1.18. The maximum absolute atomic E-state index is 12.0. The number of pyridine rings is 1. The molecule has 0 atom stereocenters. The zero-order valence-electron chi connectivity index (χ0n) is 5.76. The van der Waals surface area contributed by atoms with Gasteiger partial charge in [-0.05, 0) is 6.07 Å². The van der Waals surface area contributed by atoms with Crippen LogP contribution in [0.3, 0.4) is 0 Å². The Kier molecular flexibility index (Phi) is 2.00. The predicted octanol–water partition coefficient (Wildman–Crippen LogP) is 2.65. The highest BCUT2D eigenvalue weighted by molar-refractivity contribution is 5.44. The molecule has 0 radical (unpaired) electrons. The lowest BCUT2D eigenvalue weighted by molar-refractivity contribution is -0.137. The molecule has 0 saturated heterocycles. The first-order chi connectivity index (χ1) is 5.54. The second-order valence-electron chi connectivity index (χ2n) is 2.04. The van der Waals surface area contributed by atoms with Crippen LogP contribution in [0.1, 0.15) is 5.56 Å². The number of aromatic nitrogens is 1. The number of rotatable bonds is 0. The number of hydrogen-bond donors (Lipinski definition) is 0. The van der Waals surface area contributed by atoms with Gasteiger partial charge in [0.1, 0.15) is 0 Å². The lowest BCUT2D eigenvalue weighted by Crippen LogP contribution is -2.04. The molecule has 0 spiro atoms. The first-order valence-corrected chi connectivity index (χ1v) is 2.94. The molecule has 62 valence electrons. The Morgan fingerprint density at radius 1 is 1.33 bits per heavy atom. The maximum Gasteiger partial charge on any atom is 0.416 e. The summed E-state index contributed by atoms with van der Waals surface area (Å²) in [6.07, 6.45) is -2.65. The van der Waals surface area contributed by atoms with Crippen molar-refractivity contribution < 1.29 is 13.2 Å². The topological polar surface area (TPSA) is 17.2 Å². The highest BCUT2D eigenvalue weighted by Crippen LogP contribution is 2.30. The van der Waals surface area contributed by atoms with E-state index >= 15 is 0 Å². The molecule has 0 N–H and O–H groups in total. The largest absolute Gasteiger partial charge is 0.416 e. The summed E-state index contributed by atoms with van der Waals surface area (Å²) in [5, 5.41) is 0. The van der Waals surface area contributed by atoms with Crippen LogP contribution in [0.5, 0.6) is 0 Å². The summed E-state index contributed by atoms with van der Waals surface area (Å²) >= 11 is 0. The van der Waals surface area contributed by atoms with Crippen molar-refractivity contribution in [3.63, 3.8) is 0 Å². The lowest BCUT2D eigenvalue weighted by atomic mass is 10.2. The van der Waals surface area contributed by atoms with Gasteiger partial charge in [-0.15, -0.1) is 0 Å². The molecule has 1 aromatic heterocycles. The molecule has 12 heavy (non-hydrogen) atoms. The third kappa shape index (κ3) is 1.72. The molecule has 0 aliphatic rings. The van der Waals surface area contributed by atoms with Crippen molar-refractivity contribution in [3.05, 3.63) is 35.4 Å². The van der Waals surface area contributed by atoms with Crippen LogP contribution in [0.15, 0.2) is 18.5 Å². The second kappa shape index (κ2) is 2.81. The van der Waals surface area contributed by atoms with Gasteiger partial charge in [0.25, 0.3) is 0 Å². The van der Waals surface area contributed by atoms with Gasteiger partial charge in [-0.25, -0.2) is 4.85 Å². The van der Waals surface area contributed by atoms with E-state index in [1.165, 1.54) is 0 Å². The van der Waals surface area contributed by atoms with Crippen molar-refractivity contribution in [3.8, 4) is 0 Å². The Labute approximate surface area is 66.5 Å². The summed E-state index contributed by atoms with van der Waals surface area (Å²) in [6.45, 7) is 6.46. The third-order valence-corrected chi connectivity index (χ3v) is 1.18. The molecule has 1 rings (SSSR count). The molecule has 5 heteroatoms. The summed E-state index contributed by atoms with van der Waals surface area (Å²) in [7, 11) is 0.